The van der Waals surface area contributed by atoms with Gasteiger partial charge >= 0.3 is 0 Å². The van der Waals surface area contributed by atoms with Crippen molar-refractivity contribution in [1.29, 1.82) is 0 Å². The molecular formula is C9H14BrN3O. The molecule has 1 aliphatic heterocycles. The molecule has 5 heteroatoms. The predicted octanol–water partition coefficient (Wildman–Crippen LogP) is 1.69. The van der Waals surface area contributed by atoms with E-state index in [1.54, 1.807) is 6.20 Å². The summed E-state index contributed by atoms with van der Waals surface area (Å²) in [6.45, 7) is 4.17. The maximum absolute atomic E-state index is 5.91. The third kappa shape index (κ3) is 2.09. The lowest BCUT2D eigenvalue weighted by atomic mass is 9.95. The van der Waals surface area contributed by atoms with E-state index in [0.717, 1.165) is 36.3 Å². The van der Waals surface area contributed by atoms with Gasteiger partial charge in [-0.2, -0.15) is 5.10 Å². The van der Waals surface area contributed by atoms with Gasteiger partial charge in [-0.3, -0.25) is 0 Å². The van der Waals surface area contributed by atoms with E-state index in [-0.39, 0.29) is 5.60 Å². The summed E-state index contributed by atoms with van der Waals surface area (Å²) in [6, 6.07) is 0. The second kappa shape index (κ2) is 3.90. The molecule has 1 fully saturated rings. The SMILES string of the molecule is CC1(Oc2[nH]ncc2Br)CCNCC1. The first-order valence-corrected chi connectivity index (χ1v) is 5.57. The van der Waals surface area contributed by atoms with Crippen molar-refractivity contribution in [3.05, 3.63) is 10.7 Å². The van der Waals surface area contributed by atoms with Crippen molar-refractivity contribution in [2.75, 3.05) is 13.1 Å². The Hall–Kier alpha value is -0.550. The van der Waals surface area contributed by atoms with Gasteiger partial charge in [0.05, 0.1) is 10.7 Å². The van der Waals surface area contributed by atoms with E-state index in [1.807, 2.05) is 0 Å². The number of halogens is 1. The molecular weight excluding hydrogens is 246 g/mol. The molecule has 1 aromatic rings. The number of nitrogens with zero attached hydrogens (tertiary/aromatic N) is 1. The Kier molecular flexibility index (Phi) is 2.78. The molecule has 0 radical (unpaired) electrons. The summed E-state index contributed by atoms with van der Waals surface area (Å²) < 4.78 is 6.79. The number of H-pyrrole nitrogens is 1. The van der Waals surface area contributed by atoms with Gasteiger partial charge in [0.1, 0.15) is 5.60 Å². The monoisotopic (exact) mass is 259 g/mol. The number of aromatic nitrogens is 2. The Labute approximate surface area is 91.5 Å². The first-order chi connectivity index (χ1) is 6.70. The van der Waals surface area contributed by atoms with Crippen molar-refractivity contribution < 1.29 is 4.74 Å². The Balaban J connectivity index is 2.05. The van der Waals surface area contributed by atoms with Crippen LogP contribution in [0.1, 0.15) is 19.8 Å². The number of rotatable bonds is 2. The number of nitrogens with one attached hydrogen (secondary N) is 2. The lowest BCUT2D eigenvalue weighted by Gasteiger charge is -2.33. The Morgan fingerprint density at radius 3 is 2.79 bits per heavy atom. The standard InChI is InChI=1S/C9H14BrN3O/c1-9(2-4-11-5-3-9)14-8-7(10)6-12-13-8/h6,11H,2-5H2,1H3,(H,12,13). The molecule has 0 atom stereocenters. The van der Waals surface area contributed by atoms with Gasteiger partial charge in [-0.05, 0) is 48.8 Å². The van der Waals surface area contributed by atoms with Gasteiger partial charge in [0.2, 0.25) is 5.88 Å². The van der Waals surface area contributed by atoms with Gasteiger partial charge in [-0.15, -0.1) is 0 Å². The fourth-order valence-electron chi connectivity index (χ4n) is 1.64. The smallest absolute Gasteiger partial charge is 0.224 e. The number of aromatic amines is 1. The molecule has 1 aliphatic rings. The third-order valence-corrected chi connectivity index (χ3v) is 3.14. The van der Waals surface area contributed by atoms with E-state index in [4.69, 9.17) is 4.74 Å². The van der Waals surface area contributed by atoms with Crippen molar-refractivity contribution in [2.24, 2.45) is 0 Å². The van der Waals surface area contributed by atoms with Crippen LogP contribution in [0.3, 0.4) is 0 Å². The molecule has 0 spiro atoms. The minimum absolute atomic E-state index is 0.0691. The quantitative estimate of drug-likeness (QED) is 0.850. The van der Waals surface area contributed by atoms with E-state index >= 15 is 0 Å². The zero-order valence-corrected chi connectivity index (χ0v) is 9.73. The number of hydrogen-bond donors (Lipinski definition) is 2. The van der Waals surface area contributed by atoms with Crippen LogP contribution in [0.25, 0.3) is 0 Å². The summed E-state index contributed by atoms with van der Waals surface area (Å²) in [5, 5.41) is 10.1. The summed E-state index contributed by atoms with van der Waals surface area (Å²) >= 11 is 3.38. The molecule has 2 N–H and O–H groups in total. The minimum Gasteiger partial charge on any atom is -0.471 e. The van der Waals surface area contributed by atoms with Crippen LogP contribution in [0.2, 0.25) is 0 Å². The number of piperidine rings is 1. The second-order valence-electron chi connectivity index (χ2n) is 3.85. The summed E-state index contributed by atoms with van der Waals surface area (Å²) in [7, 11) is 0. The first kappa shape index (κ1) is 9.98. The lowest BCUT2D eigenvalue weighted by Crippen LogP contribution is -2.43. The molecule has 14 heavy (non-hydrogen) atoms. The Morgan fingerprint density at radius 2 is 2.21 bits per heavy atom. The highest BCUT2D eigenvalue weighted by molar-refractivity contribution is 9.10. The molecule has 78 valence electrons. The molecule has 0 aliphatic carbocycles. The molecule has 4 nitrogen and oxygen atoms in total. The highest BCUT2D eigenvalue weighted by Crippen LogP contribution is 2.29. The summed E-state index contributed by atoms with van der Waals surface area (Å²) in [5.41, 5.74) is -0.0691. The summed E-state index contributed by atoms with van der Waals surface area (Å²) in [6.07, 6.45) is 3.76. The zero-order chi connectivity index (χ0) is 10.0. The van der Waals surface area contributed by atoms with E-state index in [1.165, 1.54) is 0 Å². The van der Waals surface area contributed by atoms with E-state index in [2.05, 4.69) is 38.4 Å². The lowest BCUT2D eigenvalue weighted by molar-refractivity contribution is 0.0500. The van der Waals surface area contributed by atoms with Crippen LogP contribution in [0.4, 0.5) is 0 Å². The van der Waals surface area contributed by atoms with Crippen molar-refractivity contribution in [3.8, 4) is 5.88 Å². The van der Waals surface area contributed by atoms with Gasteiger partial charge in [-0.1, -0.05) is 0 Å². The van der Waals surface area contributed by atoms with Gasteiger partial charge in [0, 0.05) is 0 Å². The van der Waals surface area contributed by atoms with Crippen LogP contribution in [0.15, 0.2) is 10.7 Å². The Bertz CT molecular complexity index is 307. The van der Waals surface area contributed by atoms with Crippen LogP contribution >= 0.6 is 15.9 Å². The highest BCUT2D eigenvalue weighted by Gasteiger charge is 2.29. The maximum atomic E-state index is 5.91. The van der Waals surface area contributed by atoms with Gasteiger partial charge in [0.15, 0.2) is 0 Å². The average Bonchev–Trinajstić information content (AvgIpc) is 2.52. The minimum atomic E-state index is -0.0691. The molecule has 2 rings (SSSR count). The van der Waals surface area contributed by atoms with Crippen LogP contribution in [-0.4, -0.2) is 28.9 Å². The summed E-state index contributed by atoms with van der Waals surface area (Å²) in [5.74, 6) is 0.731. The van der Waals surface area contributed by atoms with Crippen LogP contribution in [-0.2, 0) is 0 Å². The maximum Gasteiger partial charge on any atom is 0.224 e. The second-order valence-corrected chi connectivity index (χ2v) is 4.70. The average molecular weight is 260 g/mol. The molecule has 0 amide bonds. The van der Waals surface area contributed by atoms with Gasteiger partial charge < -0.3 is 10.1 Å². The van der Waals surface area contributed by atoms with Crippen molar-refractivity contribution >= 4 is 15.9 Å². The normalized spacial score (nSPS) is 20.7. The zero-order valence-electron chi connectivity index (χ0n) is 8.14. The van der Waals surface area contributed by atoms with Crippen LogP contribution in [0.5, 0.6) is 5.88 Å². The Morgan fingerprint density at radius 1 is 1.50 bits per heavy atom. The summed E-state index contributed by atoms with van der Waals surface area (Å²) in [4.78, 5) is 0. The van der Waals surface area contributed by atoms with Crippen molar-refractivity contribution in [3.63, 3.8) is 0 Å². The predicted molar refractivity (Wildman–Crippen MR) is 57.4 cm³/mol. The number of ether oxygens (including phenoxy) is 1. The molecule has 0 bridgehead atoms. The fourth-order valence-corrected chi connectivity index (χ4v) is 1.91. The van der Waals surface area contributed by atoms with Crippen LogP contribution < -0.4 is 10.1 Å². The highest BCUT2D eigenvalue weighted by atomic mass is 79.9. The molecule has 1 aromatic heterocycles. The number of hydrogen-bond acceptors (Lipinski definition) is 3. The van der Waals surface area contributed by atoms with Gasteiger partial charge in [-0.25, -0.2) is 5.10 Å². The van der Waals surface area contributed by atoms with E-state index in [9.17, 15) is 0 Å². The molecule has 1 saturated heterocycles. The van der Waals surface area contributed by atoms with E-state index in [0.29, 0.717) is 0 Å². The molecule has 2 heterocycles. The largest absolute Gasteiger partial charge is 0.471 e. The van der Waals surface area contributed by atoms with Crippen LogP contribution in [0, 0.1) is 0 Å². The molecule has 0 unspecified atom stereocenters. The van der Waals surface area contributed by atoms with Crippen molar-refractivity contribution in [1.82, 2.24) is 15.5 Å². The fraction of sp³-hybridized carbons (Fsp3) is 0.667. The van der Waals surface area contributed by atoms with Crippen molar-refractivity contribution in [2.45, 2.75) is 25.4 Å². The third-order valence-electron chi connectivity index (χ3n) is 2.57. The molecule has 0 saturated carbocycles. The topological polar surface area (TPSA) is 49.9 Å². The first-order valence-electron chi connectivity index (χ1n) is 4.78. The van der Waals surface area contributed by atoms with E-state index < -0.39 is 0 Å². The molecule has 0 aromatic carbocycles. The van der Waals surface area contributed by atoms with Gasteiger partial charge in [0.25, 0.3) is 0 Å².